The molecule has 2 aromatic rings. The molecule has 0 bridgehead atoms. The number of nitrogens with zero attached hydrogens (tertiary/aromatic N) is 3. The molecule has 0 aromatic carbocycles. The van der Waals surface area contributed by atoms with Crippen molar-refractivity contribution < 1.29 is 9.90 Å². The minimum absolute atomic E-state index is 0.0282. The Balaban J connectivity index is 2.71. The second kappa shape index (κ2) is 3.34. The quantitative estimate of drug-likeness (QED) is 0.793. The van der Waals surface area contributed by atoms with Crippen molar-refractivity contribution >= 4 is 11.6 Å². The number of hydrogen-bond acceptors (Lipinski definition) is 3. The zero-order valence-corrected chi connectivity index (χ0v) is 8.56. The number of aromatic nitrogens is 3. The summed E-state index contributed by atoms with van der Waals surface area (Å²) in [4.78, 5) is 19.1. The lowest BCUT2D eigenvalue weighted by Crippen LogP contribution is -2.07. The maximum atomic E-state index is 10.7. The highest BCUT2D eigenvalue weighted by Crippen LogP contribution is 2.13. The van der Waals surface area contributed by atoms with Gasteiger partial charge in [-0.3, -0.25) is 9.20 Å². The summed E-state index contributed by atoms with van der Waals surface area (Å²) in [5, 5.41) is 8.80. The molecule has 0 saturated carbocycles. The highest BCUT2D eigenvalue weighted by molar-refractivity contribution is 5.70. The van der Waals surface area contributed by atoms with E-state index in [1.165, 1.54) is 0 Å². The van der Waals surface area contributed by atoms with Crippen molar-refractivity contribution in [3.8, 4) is 0 Å². The fourth-order valence-electron chi connectivity index (χ4n) is 1.68. The van der Waals surface area contributed by atoms with Crippen LogP contribution in [0.3, 0.4) is 0 Å². The normalized spacial score (nSPS) is 10.8. The van der Waals surface area contributed by atoms with Crippen LogP contribution in [-0.4, -0.2) is 25.4 Å². The molecule has 0 radical (unpaired) electrons. The third-order valence-corrected chi connectivity index (χ3v) is 2.33. The van der Waals surface area contributed by atoms with E-state index in [1.807, 2.05) is 13.8 Å². The molecule has 0 unspecified atom stereocenters. The maximum absolute atomic E-state index is 10.7. The Labute approximate surface area is 86.4 Å². The number of aliphatic carboxylic acids is 1. The molecule has 0 aliphatic rings. The molecule has 1 N–H and O–H groups in total. The zero-order valence-electron chi connectivity index (χ0n) is 8.56. The minimum atomic E-state index is -0.858. The predicted molar refractivity (Wildman–Crippen MR) is 53.8 cm³/mol. The molecule has 5 heteroatoms. The van der Waals surface area contributed by atoms with Crippen LogP contribution in [0.25, 0.3) is 5.65 Å². The van der Waals surface area contributed by atoms with Gasteiger partial charge in [0.05, 0.1) is 17.8 Å². The highest BCUT2D eigenvalue weighted by atomic mass is 16.4. The average molecular weight is 205 g/mol. The molecule has 78 valence electrons. The van der Waals surface area contributed by atoms with Gasteiger partial charge in [-0.15, -0.1) is 0 Å². The van der Waals surface area contributed by atoms with Crippen LogP contribution in [-0.2, 0) is 11.2 Å². The molecule has 0 aliphatic heterocycles. The number of fused-ring (bicyclic) bond motifs is 1. The summed E-state index contributed by atoms with van der Waals surface area (Å²) in [6.07, 6.45) is 1.64. The van der Waals surface area contributed by atoms with Crippen LogP contribution in [0.15, 0.2) is 12.3 Å². The molecule has 2 aromatic heterocycles. The van der Waals surface area contributed by atoms with E-state index in [1.54, 1.807) is 16.7 Å². The van der Waals surface area contributed by atoms with Gasteiger partial charge < -0.3 is 5.11 Å². The Morgan fingerprint density at radius 1 is 1.53 bits per heavy atom. The van der Waals surface area contributed by atoms with E-state index < -0.39 is 5.97 Å². The van der Waals surface area contributed by atoms with Gasteiger partial charge in [0.25, 0.3) is 0 Å². The van der Waals surface area contributed by atoms with E-state index >= 15 is 0 Å². The molecular formula is C10H11N3O2. The van der Waals surface area contributed by atoms with E-state index in [2.05, 4.69) is 9.97 Å². The molecule has 2 heterocycles. The van der Waals surface area contributed by atoms with Crippen LogP contribution >= 0.6 is 0 Å². The van der Waals surface area contributed by atoms with Crippen molar-refractivity contribution in [2.45, 2.75) is 20.3 Å². The molecule has 5 nitrogen and oxygen atoms in total. The number of carboxylic acids is 1. The maximum Gasteiger partial charge on any atom is 0.309 e. The third kappa shape index (κ3) is 1.56. The van der Waals surface area contributed by atoms with Crippen LogP contribution in [0.1, 0.15) is 17.2 Å². The minimum Gasteiger partial charge on any atom is -0.481 e. The van der Waals surface area contributed by atoms with Gasteiger partial charge in [0.2, 0.25) is 0 Å². The Kier molecular flexibility index (Phi) is 2.15. The third-order valence-electron chi connectivity index (χ3n) is 2.33. The highest BCUT2D eigenvalue weighted by Gasteiger charge is 2.13. The van der Waals surface area contributed by atoms with Gasteiger partial charge in [-0.2, -0.15) is 0 Å². The van der Waals surface area contributed by atoms with Gasteiger partial charge in [-0.1, -0.05) is 0 Å². The van der Waals surface area contributed by atoms with Crippen LogP contribution in [0.2, 0.25) is 0 Å². The predicted octanol–water partition coefficient (Wildman–Crippen LogP) is 0.973. The van der Waals surface area contributed by atoms with Crippen molar-refractivity contribution in [2.24, 2.45) is 0 Å². The van der Waals surface area contributed by atoms with Gasteiger partial charge in [0.15, 0.2) is 0 Å². The number of rotatable bonds is 2. The monoisotopic (exact) mass is 205 g/mol. The summed E-state index contributed by atoms with van der Waals surface area (Å²) in [5.41, 5.74) is 2.19. The molecule has 0 spiro atoms. The van der Waals surface area contributed by atoms with Crippen molar-refractivity contribution in [3.63, 3.8) is 0 Å². The van der Waals surface area contributed by atoms with Gasteiger partial charge in [-0.05, 0) is 19.9 Å². The summed E-state index contributed by atoms with van der Waals surface area (Å²) in [5.74, 6) is -0.104. The van der Waals surface area contributed by atoms with Gasteiger partial charge >= 0.3 is 5.97 Å². The first kappa shape index (κ1) is 9.64. The van der Waals surface area contributed by atoms with Gasteiger partial charge in [-0.25, -0.2) is 9.97 Å². The van der Waals surface area contributed by atoms with Crippen LogP contribution in [0.4, 0.5) is 0 Å². The first-order valence-electron chi connectivity index (χ1n) is 4.61. The molecular weight excluding hydrogens is 194 g/mol. The lowest BCUT2D eigenvalue weighted by Gasteiger charge is -2.02. The van der Waals surface area contributed by atoms with Crippen molar-refractivity contribution in [3.05, 3.63) is 29.5 Å². The summed E-state index contributed by atoms with van der Waals surface area (Å²) >= 11 is 0. The molecule has 0 amide bonds. The van der Waals surface area contributed by atoms with E-state index in [-0.39, 0.29) is 6.42 Å². The molecule has 2 rings (SSSR count). The number of aryl methyl sites for hydroxylation is 2. The summed E-state index contributed by atoms with van der Waals surface area (Å²) in [7, 11) is 0. The van der Waals surface area contributed by atoms with Crippen LogP contribution in [0, 0.1) is 13.8 Å². The fraction of sp³-hybridized carbons (Fsp3) is 0.300. The first-order valence-corrected chi connectivity index (χ1v) is 4.61. The van der Waals surface area contributed by atoms with Crippen molar-refractivity contribution in [1.82, 2.24) is 14.4 Å². The molecule has 0 fully saturated rings. The van der Waals surface area contributed by atoms with Gasteiger partial charge in [0.1, 0.15) is 11.5 Å². The number of carbonyl (C=O) groups is 1. The van der Waals surface area contributed by atoms with Crippen LogP contribution in [0.5, 0.6) is 0 Å². The largest absolute Gasteiger partial charge is 0.481 e. The summed E-state index contributed by atoms with van der Waals surface area (Å²) in [6.45, 7) is 3.64. The van der Waals surface area contributed by atoms with E-state index in [0.717, 1.165) is 17.2 Å². The van der Waals surface area contributed by atoms with Crippen LogP contribution < -0.4 is 0 Å². The zero-order chi connectivity index (χ0) is 11.0. The number of imidazole rings is 1. The molecule has 15 heavy (non-hydrogen) atoms. The number of hydrogen-bond donors (Lipinski definition) is 1. The fourth-order valence-corrected chi connectivity index (χ4v) is 1.68. The average Bonchev–Trinajstić information content (AvgIpc) is 2.43. The van der Waals surface area contributed by atoms with Crippen molar-refractivity contribution in [2.75, 3.05) is 0 Å². The Morgan fingerprint density at radius 2 is 2.27 bits per heavy atom. The molecule has 0 aliphatic carbocycles. The smallest absolute Gasteiger partial charge is 0.309 e. The SMILES string of the molecule is Cc1nc2ccnc(C)n2c1CC(=O)O. The van der Waals surface area contributed by atoms with Crippen molar-refractivity contribution in [1.29, 1.82) is 0 Å². The Morgan fingerprint density at radius 3 is 2.93 bits per heavy atom. The second-order valence-corrected chi connectivity index (χ2v) is 3.40. The Bertz CT molecular complexity index is 531. The van der Waals surface area contributed by atoms with E-state index in [0.29, 0.717) is 5.69 Å². The van der Waals surface area contributed by atoms with E-state index in [4.69, 9.17) is 5.11 Å². The lowest BCUT2D eigenvalue weighted by atomic mass is 10.2. The summed E-state index contributed by atoms with van der Waals surface area (Å²) < 4.78 is 1.78. The first-order chi connectivity index (χ1) is 7.09. The standard InChI is InChI=1S/C10H11N3O2/c1-6-8(5-10(14)15)13-7(2)11-4-3-9(13)12-6/h3-4H,5H2,1-2H3,(H,14,15). The number of carboxylic acid groups (broad SMARTS) is 1. The summed E-state index contributed by atoms with van der Waals surface area (Å²) in [6, 6.07) is 1.77. The molecule has 0 atom stereocenters. The molecule has 0 saturated heterocycles. The lowest BCUT2D eigenvalue weighted by molar-refractivity contribution is -0.136. The van der Waals surface area contributed by atoms with Gasteiger partial charge in [0, 0.05) is 6.20 Å². The second-order valence-electron chi connectivity index (χ2n) is 3.40. The Hall–Kier alpha value is -1.91. The topological polar surface area (TPSA) is 67.5 Å². The van der Waals surface area contributed by atoms with E-state index in [9.17, 15) is 4.79 Å².